The molecule has 25 heavy (non-hydrogen) atoms. The molecular formula is C17H19BrN2O3S2. The summed E-state index contributed by atoms with van der Waals surface area (Å²) in [6, 6.07) is 11.0. The van der Waals surface area contributed by atoms with Gasteiger partial charge in [0.15, 0.2) is 0 Å². The van der Waals surface area contributed by atoms with Crippen LogP contribution in [0.25, 0.3) is 0 Å². The maximum Gasteiger partial charge on any atom is 0.252 e. The second-order valence-electron chi connectivity index (χ2n) is 6.04. The molecule has 2 heterocycles. The van der Waals surface area contributed by atoms with Crippen molar-refractivity contribution in [1.82, 2.24) is 4.31 Å². The fourth-order valence-electron chi connectivity index (χ4n) is 2.87. The smallest absolute Gasteiger partial charge is 0.252 e. The fraction of sp³-hybridized carbons (Fsp3) is 0.353. The van der Waals surface area contributed by atoms with Gasteiger partial charge in [-0.2, -0.15) is 4.31 Å². The van der Waals surface area contributed by atoms with E-state index in [2.05, 4.69) is 21.2 Å². The molecule has 2 aromatic rings. The Morgan fingerprint density at radius 1 is 1.20 bits per heavy atom. The summed E-state index contributed by atoms with van der Waals surface area (Å²) in [5.41, 5.74) is 1.82. The Balaban J connectivity index is 1.62. The van der Waals surface area contributed by atoms with Crippen LogP contribution in [-0.2, 0) is 14.8 Å². The second kappa shape index (κ2) is 7.57. The molecule has 0 bridgehead atoms. The van der Waals surface area contributed by atoms with E-state index in [-0.39, 0.29) is 11.8 Å². The molecule has 134 valence electrons. The molecule has 1 aliphatic heterocycles. The van der Waals surface area contributed by atoms with E-state index in [0.29, 0.717) is 30.1 Å². The minimum absolute atomic E-state index is 0.0368. The van der Waals surface area contributed by atoms with Crippen LogP contribution in [0.2, 0.25) is 0 Å². The third-order valence-electron chi connectivity index (χ3n) is 4.37. The van der Waals surface area contributed by atoms with Gasteiger partial charge in [0, 0.05) is 24.7 Å². The highest BCUT2D eigenvalue weighted by Crippen LogP contribution is 2.31. The zero-order valence-corrected chi connectivity index (χ0v) is 17.0. The van der Waals surface area contributed by atoms with Crippen LogP contribution in [0.1, 0.15) is 18.4 Å². The molecule has 1 aliphatic rings. The number of carbonyl (C=O) groups excluding carboxylic acids is 1. The van der Waals surface area contributed by atoms with Crippen LogP contribution >= 0.6 is 27.3 Å². The number of hydrogen-bond acceptors (Lipinski definition) is 4. The number of piperidine rings is 1. The van der Waals surface area contributed by atoms with Gasteiger partial charge in [0.2, 0.25) is 5.91 Å². The number of carbonyl (C=O) groups is 1. The number of halogens is 1. The molecule has 1 fully saturated rings. The third-order valence-corrected chi connectivity index (χ3v) is 8.36. The zero-order chi connectivity index (χ0) is 18.0. The quantitative estimate of drug-likeness (QED) is 0.781. The average molecular weight is 443 g/mol. The summed E-state index contributed by atoms with van der Waals surface area (Å²) in [6.45, 7) is 2.68. The Labute approximate surface area is 160 Å². The first kappa shape index (κ1) is 18.6. The maximum absolute atomic E-state index is 12.6. The van der Waals surface area contributed by atoms with Gasteiger partial charge in [0.1, 0.15) is 4.21 Å². The average Bonchev–Trinajstić information content (AvgIpc) is 3.04. The molecule has 0 radical (unpaired) electrons. The van der Waals surface area contributed by atoms with Crippen molar-refractivity contribution in [1.29, 1.82) is 0 Å². The van der Waals surface area contributed by atoms with E-state index in [1.54, 1.807) is 12.1 Å². The van der Waals surface area contributed by atoms with Crippen molar-refractivity contribution in [2.45, 2.75) is 24.0 Å². The van der Waals surface area contributed by atoms with Crippen molar-refractivity contribution < 1.29 is 13.2 Å². The van der Waals surface area contributed by atoms with Crippen LogP contribution in [0.4, 0.5) is 5.69 Å². The summed E-state index contributed by atoms with van der Waals surface area (Å²) in [5, 5.41) is 2.96. The van der Waals surface area contributed by atoms with Crippen LogP contribution in [0.5, 0.6) is 0 Å². The fourth-order valence-corrected chi connectivity index (χ4v) is 6.50. The standard InChI is InChI=1S/C17H19BrN2O3S2/c1-12-4-2-3-5-14(12)19-17(21)13-8-10-20(11-9-13)25(22,23)16-7-6-15(18)24-16/h2-7,13H,8-11H2,1H3,(H,19,21). The number of aryl methyl sites for hydroxylation is 1. The highest BCUT2D eigenvalue weighted by molar-refractivity contribution is 9.11. The highest BCUT2D eigenvalue weighted by atomic mass is 79.9. The number of nitrogens with one attached hydrogen (secondary N) is 1. The van der Waals surface area contributed by atoms with E-state index in [1.165, 1.54) is 15.6 Å². The van der Waals surface area contributed by atoms with Gasteiger partial charge in [-0.1, -0.05) is 18.2 Å². The normalized spacial score (nSPS) is 16.7. The minimum atomic E-state index is -3.47. The Kier molecular flexibility index (Phi) is 5.62. The molecule has 0 aliphatic carbocycles. The Morgan fingerprint density at radius 2 is 1.88 bits per heavy atom. The lowest BCUT2D eigenvalue weighted by Crippen LogP contribution is -2.41. The van der Waals surface area contributed by atoms with Crippen molar-refractivity contribution in [3.8, 4) is 0 Å². The van der Waals surface area contributed by atoms with Crippen molar-refractivity contribution in [2.24, 2.45) is 5.92 Å². The predicted octanol–water partition coefficient (Wildman–Crippen LogP) is 3.86. The van der Waals surface area contributed by atoms with E-state index >= 15 is 0 Å². The molecule has 8 heteroatoms. The summed E-state index contributed by atoms with van der Waals surface area (Å²) in [6.07, 6.45) is 1.06. The third kappa shape index (κ3) is 4.13. The first-order chi connectivity index (χ1) is 11.9. The predicted molar refractivity (Wildman–Crippen MR) is 103 cm³/mol. The Morgan fingerprint density at radius 3 is 2.48 bits per heavy atom. The number of rotatable bonds is 4. The van der Waals surface area contributed by atoms with E-state index < -0.39 is 10.0 Å². The number of hydrogen-bond donors (Lipinski definition) is 1. The lowest BCUT2D eigenvalue weighted by atomic mass is 9.97. The summed E-state index contributed by atoms with van der Waals surface area (Å²) in [7, 11) is -3.47. The van der Waals surface area contributed by atoms with Gasteiger partial charge >= 0.3 is 0 Å². The molecule has 0 unspecified atom stereocenters. The molecule has 0 saturated carbocycles. The van der Waals surface area contributed by atoms with Crippen LogP contribution in [0, 0.1) is 12.8 Å². The summed E-state index contributed by atoms with van der Waals surface area (Å²) in [4.78, 5) is 12.5. The summed E-state index contributed by atoms with van der Waals surface area (Å²) in [5.74, 6) is -0.202. The first-order valence-electron chi connectivity index (χ1n) is 8.00. The second-order valence-corrected chi connectivity index (χ2v) is 10.7. The molecule has 3 rings (SSSR count). The largest absolute Gasteiger partial charge is 0.326 e. The molecule has 0 spiro atoms. The van der Waals surface area contributed by atoms with Gasteiger partial charge in [-0.25, -0.2) is 8.42 Å². The topological polar surface area (TPSA) is 66.5 Å². The van der Waals surface area contributed by atoms with Crippen molar-refractivity contribution in [2.75, 3.05) is 18.4 Å². The Bertz CT molecular complexity index is 872. The number of sulfonamides is 1. The Hall–Kier alpha value is -1.22. The number of benzene rings is 1. The van der Waals surface area contributed by atoms with Crippen LogP contribution < -0.4 is 5.32 Å². The SMILES string of the molecule is Cc1ccccc1NC(=O)C1CCN(S(=O)(=O)c2ccc(Br)s2)CC1. The number of thiophene rings is 1. The van der Waals surface area contributed by atoms with E-state index in [9.17, 15) is 13.2 Å². The van der Waals surface area contributed by atoms with Crippen LogP contribution in [0.3, 0.4) is 0 Å². The highest BCUT2D eigenvalue weighted by Gasteiger charge is 2.32. The summed E-state index contributed by atoms with van der Waals surface area (Å²) < 4.78 is 27.9. The minimum Gasteiger partial charge on any atom is -0.326 e. The molecule has 0 atom stereocenters. The number of anilines is 1. The summed E-state index contributed by atoms with van der Waals surface area (Å²) >= 11 is 4.50. The van der Waals surface area contributed by atoms with Crippen LogP contribution in [-0.4, -0.2) is 31.7 Å². The van der Waals surface area contributed by atoms with E-state index in [1.807, 2.05) is 31.2 Å². The lowest BCUT2D eigenvalue weighted by Gasteiger charge is -2.30. The van der Waals surface area contributed by atoms with E-state index in [0.717, 1.165) is 15.0 Å². The number of amides is 1. The van der Waals surface area contributed by atoms with Gasteiger partial charge in [0.25, 0.3) is 10.0 Å². The van der Waals surface area contributed by atoms with Crippen molar-refractivity contribution in [3.63, 3.8) is 0 Å². The zero-order valence-electron chi connectivity index (χ0n) is 13.7. The first-order valence-corrected chi connectivity index (χ1v) is 11.0. The molecule has 1 amide bonds. The maximum atomic E-state index is 12.6. The van der Waals surface area contributed by atoms with Gasteiger partial charge in [-0.15, -0.1) is 11.3 Å². The molecule has 5 nitrogen and oxygen atoms in total. The molecule has 1 aromatic heterocycles. The van der Waals surface area contributed by atoms with Gasteiger partial charge in [-0.05, 0) is 59.5 Å². The van der Waals surface area contributed by atoms with Crippen molar-refractivity contribution in [3.05, 3.63) is 45.7 Å². The van der Waals surface area contributed by atoms with Crippen LogP contribution in [0.15, 0.2) is 44.4 Å². The van der Waals surface area contributed by atoms with Gasteiger partial charge < -0.3 is 5.32 Å². The van der Waals surface area contributed by atoms with Gasteiger partial charge in [-0.3, -0.25) is 4.79 Å². The number of nitrogens with zero attached hydrogens (tertiary/aromatic N) is 1. The lowest BCUT2D eigenvalue weighted by molar-refractivity contribution is -0.120. The molecule has 1 aromatic carbocycles. The van der Waals surface area contributed by atoms with Gasteiger partial charge in [0.05, 0.1) is 3.79 Å². The molecule has 1 N–H and O–H groups in total. The molecular weight excluding hydrogens is 424 g/mol. The van der Waals surface area contributed by atoms with E-state index in [4.69, 9.17) is 0 Å². The number of para-hydroxylation sites is 1. The molecule has 1 saturated heterocycles. The monoisotopic (exact) mass is 442 g/mol. The van der Waals surface area contributed by atoms with Crippen molar-refractivity contribution >= 4 is 48.9 Å².